The number of para-hydroxylation sites is 1. The molecule has 0 bridgehead atoms. The topological polar surface area (TPSA) is 44.1 Å². The van der Waals surface area contributed by atoms with Gasteiger partial charge in [-0.1, -0.05) is 31.4 Å². The Kier molecular flexibility index (Phi) is 4.57. The van der Waals surface area contributed by atoms with Crippen molar-refractivity contribution in [3.63, 3.8) is 0 Å². The summed E-state index contributed by atoms with van der Waals surface area (Å²) in [5.41, 5.74) is 1.27. The largest absolute Gasteiger partial charge is 0.314 e. The van der Waals surface area contributed by atoms with Gasteiger partial charge in [0, 0.05) is 13.5 Å². The Balaban J connectivity index is 2.04. The first kappa shape index (κ1) is 13.6. The third-order valence-electron chi connectivity index (χ3n) is 3.95. The van der Waals surface area contributed by atoms with Crippen LogP contribution in [0.1, 0.15) is 44.1 Å². The monoisotopic (exact) mass is 256 g/mol. The summed E-state index contributed by atoms with van der Waals surface area (Å²) in [6.45, 7) is 0. The van der Waals surface area contributed by atoms with Gasteiger partial charge in [-0.2, -0.15) is 5.26 Å². The summed E-state index contributed by atoms with van der Waals surface area (Å²) in [4.78, 5) is 13.9. The van der Waals surface area contributed by atoms with Crippen LogP contribution >= 0.6 is 0 Å². The second-order valence-corrected chi connectivity index (χ2v) is 5.29. The molecule has 0 heterocycles. The van der Waals surface area contributed by atoms with Crippen LogP contribution in [-0.2, 0) is 4.79 Å². The molecule has 1 aliphatic carbocycles. The van der Waals surface area contributed by atoms with Gasteiger partial charge in [-0.25, -0.2) is 0 Å². The van der Waals surface area contributed by atoms with Gasteiger partial charge in [0.05, 0.1) is 11.3 Å². The van der Waals surface area contributed by atoms with Crippen molar-refractivity contribution in [3.05, 3.63) is 29.8 Å². The molecule has 1 amide bonds. The van der Waals surface area contributed by atoms with E-state index >= 15 is 0 Å². The lowest BCUT2D eigenvalue weighted by atomic mass is 9.86. The van der Waals surface area contributed by atoms with Gasteiger partial charge in [-0.05, 0) is 30.9 Å². The molecule has 1 aromatic rings. The van der Waals surface area contributed by atoms with Gasteiger partial charge in [-0.15, -0.1) is 0 Å². The lowest BCUT2D eigenvalue weighted by Crippen LogP contribution is -2.29. The predicted octanol–water partition coefficient (Wildman–Crippen LogP) is 3.49. The van der Waals surface area contributed by atoms with Crippen molar-refractivity contribution in [2.45, 2.75) is 38.5 Å². The van der Waals surface area contributed by atoms with E-state index in [1.54, 1.807) is 18.0 Å². The third kappa shape index (κ3) is 3.35. The molecular weight excluding hydrogens is 236 g/mol. The maximum absolute atomic E-state index is 12.3. The number of nitrogens with zero attached hydrogens (tertiary/aromatic N) is 2. The number of hydrogen-bond donors (Lipinski definition) is 0. The van der Waals surface area contributed by atoms with Gasteiger partial charge >= 0.3 is 0 Å². The van der Waals surface area contributed by atoms with Crippen molar-refractivity contribution in [2.24, 2.45) is 5.92 Å². The lowest BCUT2D eigenvalue weighted by Gasteiger charge is -2.24. The first-order valence-electron chi connectivity index (χ1n) is 6.98. The Morgan fingerprint density at radius 3 is 2.68 bits per heavy atom. The van der Waals surface area contributed by atoms with Crippen LogP contribution in [0.15, 0.2) is 24.3 Å². The first-order valence-corrected chi connectivity index (χ1v) is 6.98. The number of rotatable bonds is 3. The number of nitriles is 1. The van der Waals surface area contributed by atoms with Crippen LogP contribution in [0, 0.1) is 17.2 Å². The highest BCUT2D eigenvalue weighted by molar-refractivity contribution is 5.94. The molecule has 100 valence electrons. The summed E-state index contributed by atoms with van der Waals surface area (Å²) < 4.78 is 0. The third-order valence-corrected chi connectivity index (χ3v) is 3.95. The number of amides is 1. The molecule has 0 N–H and O–H groups in total. The number of carbonyl (C=O) groups is 1. The molecular formula is C16H20N2O. The molecule has 2 rings (SSSR count). The highest BCUT2D eigenvalue weighted by Gasteiger charge is 2.20. The minimum atomic E-state index is 0.120. The van der Waals surface area contributed by atoms with Gasteiger partial charge in [0.2, 0.25) is 5.91 Å². The van der Waals surface area contributed by atoms with E-state index in [1.807, 2.05) is 18.2 Å². The van der Waals surface area contributed by atoms with Gasteiger partial charge < -0.3 is 4.90 Å². The SMILES string of the molecule is CN(C(=O)CC1CCCCC1)c1ccccc1C#N. The highest BCUT2D eigenvalue weighted by atomic mass is 16.2. The Morgan fingerprint density at radius 2 is 2.00 bits per heavy atom. The number of benzene rings is 1. The summed E-state index contributed by atoms with van der Waals surface area (Å²) in [6.07, 6.45) is 6.74. The molecule has 1 aromatic carbocycles. The Morgan fingerprint density at radius 1 is 1.32 bits per heavy atom. The van der Waals surface area contributed by atoms with Crippen molar-refractivity contribution < 1.29 is 4.79 Å². The minimum absolute atomic E-state index is 0.120. The van der Waals surface area contributed by atoms with E-state index in [0.717, 1.165) is 0 Å². The number of hydrogen-bond acceptors (Lipinski definition) is 2. The van der Waals surface area contributed by atoms with Crippen LogP contribution in [-0.4, -0.2) is 13.0 Å². The predicted molar refractivity (Wildman–Crippen MR) is 75.8 cm³/mol. The van der Waals surface area contributed by atoms with E-state index in [9.17, 15) is 4.79 Å². The van der Waals surface area contributed by atoms with Crippen LogP contribution in [0.2, 0.25) is 0 Å². The van der Waals surface area contributed by atoms with Gasteiger partial charge in [0.1, 0.15) is 6.07 Å². The van der Waals surface area contributed by atoms with Gasteiger partial charge in [0.25, 0.3) is 0 Å². The normalized spacial score (nSPS) is 15.8. The number of carbonyl (C=O) groups excluding carboxylic acids is 1. The Labute approximate surface area is 114 Å². The van der Waals surface area contributed by atoms with Crippen LogP contribution in [0.4, 0.5) is 5.69 Å². The molecule has 0 atom stereocenters. The fraction of sp³-hybridized carbons (Fsp3) is 0.500. The standard InChI is InChI=1S/C16H20N2O/c1-18(15-10-6-5-9-14(15)12-17)16(19)11-13-7-3-2-4-8-13/h5-6,9-10,13H,2-4,7-8,11H2,1H3. The van der Waals surface area contributed by atoms with Crippen molar-refractivity contribution in [2.75, 3.05) is 11.9 Å². The molecule has 1 saturated carbocycles. The zero-order chi connectivity index (χ0) is 13.7. The molecule has 0 radical (unpaired) electrons. The maximum atomic E-state index is 12.3. The zero-order valence-corrected chi connectivity index (χ0v) is 11.4. The van der Waals surface area contributed by atoms with Crippen molar-refractivity contribution >= 4 is 11.6 Å². The first-order chi connectivity index (χ1) is 9.22. The van der Waals surface area contributed by atoms with Crippen LogP contribution < -0.4 is 4.90 Å². The van der Waals surface area contributed by atoms with E-state index in [4.69, 9.17) is 5.26 Å². The van der Waals surface area contributed by atoms with E-state index in [2.05, 4.69) is 6.07 Å². The Bertz CT molecular complexity index is 484. The fourth-order valence-corrected chi connectivity index (χ4v) is 2.77. The summed E-state index contributed by atoms with van der Waals surface area (Å²) >= 11 is 0. The van der Waals surface area contributed by atoms with E-state index in [0.29, 0.717) is 23.6 Å². The molecule has 1 aliphatic rings. The molecule has 1 fully saturated rings. The Hall–Kier alpha value is -1.82. The number of anilines is 1. The smallest absolute Gasteiger partial charge is 0.227 e. The lowest BCUT2D eigenvalue weighted by molar-refractivity contribution is -0.119. The zero-order valence-electron chi connectivity index (χ0n) is 11.4. The molecule has 0 aromatic heterocycles. The van der Waals surface area contributed by atoms with Crippen molar-refractivity contribution in [1.82, 2.24) is 0 Å². The van der Waals surface area contributed by atoms with Crippen molar-refractivity contribution in [3.8, 4) is 6.07 Å². The molecule has 3 nitrogen and oxygen atoms in total. The quantitative estimate of drug-likeness (QED) is 0.831. The van der Waals surface area contributed by atoms with Crippen LogP contribution in [0.5, 0.6) is 0 Å². The summed E-state index contributed by atoms with van der Waals surface area (Å²) in [6, 6.07) is 9.40. The average Bonchev–Trinajstić information content (AvgIpc) is 2.47. The minimum Gasteiger partial charge on any atom is -0.314 e. The van der Waals surface area contributed by atoms with Crippen molar-refractivity contribution in [1.29, 1.82) is 5.26 Å². The summed E-state index contributed by atoms with van der Waals surface area (Å²) in [5, 5.41) is 9.08. The summed E-state index contributed by atoms with van der Waals surface area (Å²) in [7, 11) is 1.77. The fourth-order valence-electron chi connectivity index (χ4n) is 2.77. The molecule has 0 spiro atoms. The second-order valence-electron chi connectivity index (χ2n) is 5.29. The maximum Gasteiger partial charge on any atom is 0.227 e. The van der Waals surface area contributed by atoms with E-state index in [-0.39, 0.29) is 5.91 Å². The molecule has 0 unspecified atom stereocenters. The molecule has 0 aliphatic heterocycles. The summed E-state index contributed by atoms with van der Waals surface area (Å²) in [5.74, 6) is 0.646. The van der Waals surface area contributed by atoms with Crippen LogP contribution in [0.3, 0.4) is 0 Å². The van der Waals surface area contributed by atoms with E-state index in [1.165, 1.54) is 32.1 Å². The second kappa shape index (κ2) is 6.38. The molecule has 19 heavy (non-hydrogen) atoms. The van der Waals surface area contributed by atoms with Gasteiger partial charge in [-0.3, -0.25) is 4.79 Å². The highest BCUT2D eigenvalue weighted by Crippen LogP contribution is 2.28. The van der Waals surface area contributed by atoms with Crippen LogP contribution in [0.25, 0.3) is 0 Å². The average molecular weight is 256 g/mol. The van der Waals surface area contributed by atoms with E-state index < -0.39 is 0 Å². The van der Waals surface area contributed by atoms with Gasteiger partial charge in [0.15, 0.2) is 0 Å². The molecule has 0 saturated heterocycles. The molecule has 3 heteroatoms.